The fraction of sp³-hybridized carbons (Fsp3) is 0.200. The lowest BCUT2D eigenvalue weighted by Crippen LogP contribution is -2.17. The second kappa shape index (κ2) is 6.71. The van der Waals surface area contributed by atoms with E-state index in [1.165, 1.54) is 17.7 Å². The van der Waals surface area contributed by atoms with Crippen LogP contribution in [0.15, 0.2) is 53.4 Å². The highest BCUT2D eigenvalue weighted by molar-refractivity contribution is 7.89. The molecule has 5 N–H and O–H groups in total. The zero-order valence-corrected chi connectivity index (χ0v) is 12.4. The monoisotopic (exact) mass is 305 g/mol. The Bertz CT molecular complexity index is 680. The zero-order chi connectivity index (χ0) is 15.3. The molecule has 0 atom stereocenters. The van der Waals surface area contributed by atoms with Crippen LogP contribution in [0.25, 0.3) is 0 Å². The van der Waals surface area contributed by atoms with Crippen molar-refractivity contribution in [2.45, 2.75) is 17.9 Å². The Morgan fingerprint density at radius 1 is 0.905 bits per heavy atom. The molecule has 0 spiro atoms. The molecule has 0 saturated carbocycles. The van der Waals surface area contributed by atoms with Crippen LogP contribution in [-0.4, -0.2) is 15.0 Å². The maximum absolute atomic E-state index is 11.1. The smallest absolute Gasteiger partial charge is 0.238 e. The number of nitrogens with two attached hydrogens (primary N) is 2. The van der Waals surface area contributed by atoms with Crippen LogP contribution in [0.5, 0.6) is 0 Å². The zero-order valence-electron chi connectivity index (χ0n) is 11.6. The molecule has 0 fully saturated rings. The average Bonchev–Trinajstić information content (AvgIpc) is 2.45. The quantitative estimate of drug-likeness (QED) is 0.552. The number of sulfonamides is 1. The van der Waals surface area contributed by atoms with Crippen LogP contribution >= 0.6 is 0 Å². The highest BCUT2D eigenvalue weighted by Gasteiger charge is 2.06. The molecule has 2 aromatic carbocycles. The Kier molecular flexibility index (Phi) is 4.95. The summed E-state index contributed by atoms with van der Waals surface area (Å²) in [4.78, 5) is 0.140. The number of nitrogens with one attached hydrogen (secondary N) is 1. The second-order valence-electron chi connectivity index (χ2n) is 4.86. The number of primary sulfonamides is 1. The van der Waals surface area contributed by atoms with Gasteiger partial charge in [0.25, 0.3) is 0 Å². The van der Waals surface area contributed by atoms with Crippen LogP contribution in [0.2, 0.25) is 0 Å². The van der Waals surface area contributed by atoms with Crippen molar-refractivity contribution >= 4 is 15.7 Å². The summed E-state index contributed by atoms with van der Waals surface area (Å²) < 4.78 is 22.3. The molecule has 0 amide bonds. The number of benzene rings is 2. The molecule has 2 rings (SSSR count). The molecular weight excluding hydrogens is 286 g/mol. The lowest BCUT2D eigenvalue weighted by molar-refractivity contribution is 0.597. The van der Waals surface area contributed by atoms with E-state index in [-0.39, 0.29) is 4.90 Å². The van der Waals surface area contributed by atoms with E-state index in [1.54, 1.807) is 12.1 Å². The second-order valence-corrected chi connectivity index (χ2v) is 6.42. The molecule has 0 aliphatic rings. The number of hydrogen-bond donors (Lipinski definition) is 3. The molecule has 112 valence electrons. The fourth-order valence-electron chi connectivity index (χ4n) is 1.95. The summed E-state index contributed by atoms with van der Waals surface area (Å²) in [6.07, 6.45) is 0.819. The van der Waals surface area contributed by atoms with Gasteiger partial charge in [-0.15, -0.1) is 0 Å². The van der Waals surface area contributed by atoms with Gasteiger partial charge in [0.05, 0.1) is 4.90 Å². The van der Waals surface area contributed by atoms with Crippen LogP contribution < -0.4 is 16.2 Å². The highest BCUT2D eigenvalue weighted by Crippen LogP contribution is 2.09. The summed E-state index contributed by atoms with van der Waals surface area (Å²) in [5.41, 5.74) is 8.62. The molecule has 0 heterocycles. The molecule has 0 aromatic heterocycles. The van der Waals surface area contributed by atoms with E-state index in [2.05, 4.69) is 5.32 Å². The lowest BCUT2D eigenvalue weighted by atomic mass is 10.1. The Morgan fingerprint density at radius 2 is 1.48 bits per heavy atom. The summed E-state index contributed by atoms with van der Waals surface area (Å²) >= 11 is 0. The lowest BCUT2D eigenvalue weighted by Gasteiger charge is -2.06. The first kappa shape index (κ1) is 15.5. The predicted octanol–water partition coefficient (Wildman–Crippen LogP) is 1.25. The Balaban J connectivity index is 1.80. The molecule has 6 heteroatoms. The van der Waals surface area contributed by atoms with E-state index in [9.17, 15) is 8.42 Å². The highest BCUT2D eigenvalue weighted by atomic mass is 32.2. The molecule has 0 saturated heterocycles. The predicted molar refractivity (Wildman–Crippen MR) is 84.1 cm³/mol. The first-order valence-electron chi connectivity index (χ1n) is 6.62. The van der Waals surface area contributed by atoms with Crippen LogP contribution in [0.4, 0.5) is 5.69 Å². The summed E-state index contributed by atoms with van der Waals surface area (Å²) in [5.74, 6) is 0. The molecule has 5 nitrogen and oxygen atoms in total. The number of anilines is 1. The van der Waals surface area contributed by atoms with Crippen molar-refractivity contribution in [3.05, 3.63) is 59.7 Å². The van der Waals surface area contributed by atoms with Crippen molar-refractivity contribution in [1.29, 1.82) is 0 Å². The SMILES string of the molecule is Nc1ccc(CNCCc2ccc(S(N)(=O)=O)cc2)cc1. The Labute approximate surface area is 125 Å². The first-order valence-corrected chi connectivity index (χ1v) is 8.17. The van der Waals surface area contributed by atoms with Crippen molar-refractivity contribution in [3.63, 3.8) is 0 Å². The maximum Gasteiger partial charge on any atom is 0.238 e. The Hall–Kier alpha value is -1.89. The molecular formula is C15H19N3O2S. The van der Waals surface area contributed by atoms with Crippen molar-refractivity contribution in [3.8, 4) is 0 Å². The summed E-state index contributed by atoms with van der Waals surface area (Å²) in [5, 5.41) is 8.39. The number of rotatable bonds is 6. The third-order valence-corrected chi connectivity index (χ3v) is 4.08. The van der Waals surface area contributed by atoms with Gasteiger partial charge >= 0.3 is 0 Å². The van der Waals surface area contributed by atoms with Gasteiger partial charge < -0.3 is 11.1 Å². The first-order chi connectivity index (χ1) is 9.95. The summed E-state index contributed by atoms with van der Waals surface area (Å²) in [6, 6.07) is 14.4. The van der Waals surface area contributed by atoms with Gasteiger partial charge in [0, 0.05) is 12.2 Å². The van der Waals surface area contributed by atoms with Crippen molar-refractivity contribution in [2.24, 2.45) is 5.14 Å². The topological polar surface area (TPSA) is 98.2 Å². The normalized spacial score (nSPS) is 11.5. The van der Waals surface area contributed by atoms with Gasteiger partial charge in [-0.2, -0.15) is 0 Å². The molecule has 2 aromatic rings. The third kappa shape index (κ3) is 4.86. The van der Waals surface area contributed by atoms with E-state index in [1.807, 2.05) is 24.3 Å². The van der Waals surface area contributed by atoms with Gasteiger partial charge in [0.1, 0.15) is 0 Å². The molecule has 21 heavy (non-hydrogen) atoms. The van der Waals surface area contributed by atoms with Gasteiger partial charge in [-0.05, 0) is 48.4 Å². The van der Waals surface area contributed by atoms with Crippen molar-refractivity contribution in [1.82, 2.24) is 5.32 Å². The molecule has 0 radical (unpaired) electrons. The minimum Gasteiger partial charge on any atom is -0.399 e. The Morgan fingerprint density at radius 3 is 2.05 bits per heavy atom. The van der Waals surface area contributed by atoms with E-state index in [0.717, 1.165) is 30.8 Å². The number of hydrogen-bond acceptors (Lipinski definition) is 4. The van der Waals surface area contributed by atoms with Crippen LogP contribution in [-0.2, 0) is 23.0 Å². The molecule has 0 aliphatic carbocycles. The minimum absolute atomic E-state index is 0.140. The fourth-order valence-corrected chi connectivity index (χ4v) is 2.46. The van der Waals surface area contributed by atoms with Gasteiger partial charge in [-0.1, -0.05) is 24.3 Å². The molecule has 0 bridgehead atoms. The van der Waals surface area contributed by atoms with Crippen LogP contribution in [0.3, 0.4) is 0 Å². The van der Waals surface area contributed by atoms with Gasteiger partial charge in [-0.25, -0.2) is 13.6 Å². The third-order valence-electron chi connectivity index (χ3n) is 3.15. The van der Waals surface area contributed by atoms with E-state index < -0.39 is 10.0 Å². The minimum atomic E-state index is -3.61. The summed E-state index contributed by atoms with van der Waals surface area (Å²) in [6.45, 7) is 1.58. The van der Waals surface area contributed by atoms with E-state index in [4.69, 9.17) is 10.9 Å². The average molecular weight is 305 g/mol. The summed E-state index contributed by atoms with van der Waals surface area (Å²) in [7, 11) is -3.61. The standard InChI is InChI=1S/C15H19N3O2S/c16-14-5-1-13(2-6-14)11-18-10-9-12-3-7-15(8-4-12)21(17,19)20/h1-8,18H,9-11,16H2,(H2,17,19,20). The molecule has 0 aliphatic heterocycles. The number of nitrogen functional groups attached to an aromatic ring is 1. The van der Waals surface area contributed by atoms with Crippen molar-refractivity contribution in [2.75, 3.05) is 12.3 Å². The van der Waals surface area contributed by atoms with Crippen molar-refractivity contribution < 1.29 is 8.42 Å². The van der Waals surface area contributed by atoms with Crippen LogP contribution in [0.1, 0.15) is 11.1 Å². The molecule has 0 unspecified atom stereocenters. The van der Waals surface area contributed by atoms with Gasteiger partial charge in [-0.3, -0.25) is 0 Å². The largest absolute Gasteiger partial charge is 0.399 e. The maximum atomic E-state index is 11.1. The van der Waals surface area contributed by atoms with Gasteiger partial charge in [0.2, 0.25) is 10.0 Å². The van der Waals surface area contributed by atoms with Crippen LogP contribution in [0, 0.1) is 0 Å². The van der Waals surface area contributed by atoms with E-state index >= 15 is 0 Å². The van der Waals surface area contributed by atoms with Gasteiger partial charge in [0.15, 0.2) is 0 Å². The van der Waals surface area contributed by atoms with E-state index in [0.29, 0.717) is 0 Å².